The molecule has 0 bridgehead atoms. The summed E-state index contributed by atoms with van der Waals surface area (Å²) in [4.78, 5) is 22.1. The predicted octanol–water partition coefficient (Wildman–Crippen LogP) is 0.402. The summed E-state index contributed by atoms with van der Waals surface area (Å²) >= 11 is 0. The lowest BCUT2D eigenvalue weighted by molar-refractivity contribution is 0.111. The Balaban J connectivity index is 4.64. The van der Waals surface area contributed by atoms with Crippen molar-refractivity contribution in [2.75, 3.05) is 21.3 Å². The summed E-state index contributed by atoms with van der Waals surface area (Å²) in [6, 6.07) is -0.668. The molecule has 0 atom stereocenters. The number of imide groups is 1. The monoisotopic (exact) mass is 190 g/mol. The second kappa shape index (κ2) is 4.96. The molecule has 0 unspecified atom stereocenters. The van der Waals surface area contributed by atoms with E-state index in [0.29, 0.717) is 4.90 Å². The SMILES string of the molecule is COC(=N)N(C(=O)OC)C(=O)OC. The minimum atomic E-state index is -1.04. The van der Waals surface area contributed by atoms with Gasteiger partial charge in [-0.15, -0.1) is 4.90 Å². The van der Waals surface area contributed by atoms with Crippen molar-refractivity contribution >= 4 is 18.2 Å². The van der Waals surface area contributed by atoms with Gasteiger partial charge >= 0.3 is 18.2 Å². The zero-order valence-electron chi connectivity index (χ0n) is 7.49. The first-order valence-electron chi connectivity index (χ1n) is 3.17. The lowest BCUT2D eigenvalue weighted by atomic mass is 10.8. The highest BCUT2D eigenvalue weighted by molar-refractivity contribution is 6.04. The number of carbonyl (C=O) groups excluding carboxylic acids is 2. The number of rotatable bonds is 0. The third-order valence-electron chi connectivity index (χ3n) is 1.11. The Morgan fingerprint density at radius 3 is 1.62 bits per heavy atom. The molecule has 1 N–H and O–H groups in total. The first-order chi connectivity index (χ1) is 6.08. The summed E-state index contributed by atoms with van der Waals surface area (Å²) in [6.07, 6.45) is -2.09. The molecule has 7 heteroatoms. The summed E-state index contributed by atoms with van der Waals surface area (Å²) in [6.45, 7) is 0. The van der Waals surface area contributed by atoms with Crippen molar-refractivity contribution in [2.24, 2.45) is 0 Å². The van der Waals surface area contributed by atoms with Gasteiger partial charge in [0.25, 0.3) is 0 Å². The van der Waals surface area contributed by atoms with Gasteiger partial charge in [-0.2, -0.15) is 0 Å². The molecule has 0 spiro atoms. The van der Waals surface area contributed by atoms with Gasteiger partial charge in [0.2, 0.25) is 0 Å². The second-order valence-electron chi connectivity index (χ2n) is 1.78. The largest absolute Gasteiger partial charge is 0.468 e. The minimum Gasteiger partial charge on any atom is -0.468 e. The van der Waals surface area contributed by atoms with E-state index in [4.69, 9.17) is 5.41 Å². The molecule has 0 fully saturated rings. The number of ether oxygens (including phenoxy) is 3. The van der Waals surface area contributed by atoms with Crippen LogP contribution in [0.5, 0.6) is 0 Å². The summed E-state index contributed by atoms with van der Waals surface area (Å²) in [5.74, 6) is 0. The van der Waals surface area contributed by atoms with Crippen molar-refractivity contribution in [1.82, 2.24) is 4.90 Å². The van der Waals surface area contributed by atoms with E-state index in [1.807, 2.05) is 0 Å². The highest BCUT2D eigenvalue weighted by Crippen LogP contribution is 1.98. The molecule has 0 aromatic carbocycles. The molecule has 2 amide bonds. The third-order valence-corrected chi connectivity index (χ3v) is 1.11. The number of hydrogen-bond donors (Lipinski definition) is 1. The van der Waals surface area contributed by atoms with Crippen LogP contribution in [0.1, 0.15) is 0 Å². The first kappa shape index (κ1) is 11.2. The van der Waals surface area contributed by atoms with Crippen molar-refractivity contribution in [2.45, 2.75) is 0 Å². The molecule has 0 aliphatic heterocycles. The van der Waals surface area contributed by atoms with Crippen LogP contribution in [-0.2, 0) is 14.2 Å². The van der Waals surface area contributed by atoms with Crippen LogP contribution in [0.15, 0.2) is 0 Å². The molecule has 13 heavy (non-hydrogen) atoms. The molecule has 0 saturated carbocycles. The van der Waals surface area contributed by atoms with Crippen molar-refractivity contribution in [3.05, 3.63) is 0 Å². The van der Waals surface area contributed by atoms with E-state index in [9.17, 15) is 9.59 Å². The third kappa shape index (κ3) is 2.62. The number of amidine groups is 1. The second-order valence-corrected chi connectivity index (χ2v) is 1.78. The highest BCUT2D eigenvalue weighted by atomic mass is 16.6. The van der Waals surface area contributed by atoms with E-state index in [1.54, 1.807) is 0 Å². The molecule has 0 aromatic rings. The van der Waals surface area contributed by atoms with Gasteiger partial charge in [-0.1, -0.05) is 0 Å². The Morgan fingerprint density at radius 2 is 1.38 bits per heavy atom. The summed E-state index contributed by atoms with van der Waals surface area (Å²) in [7, 11) is 3.28. The maximum atomic E-state index is 10.9. The van der Waals surface area contributed by atoms with Crippen LogP contribution in [-0.4, -0.2) is 44.4 Å². The lowest BCUT2D eigenvalue weighted by Gasteiger charge is -2.16. The molecule has 0 rings (SSSR count). The van der Waals surface area contributed by atoms with E-state index >= 15 is 0 Å². The van der Waals surface area contributed by atoms with Crippen molar-refractivity contribution < 1.29 is 23.8 Å². The van der Waals surface area contributed by atoms with Gasteiger partial charge in [-0.25, -0.2) is 9.59 Å². The van der Waals surface area contributed by atoms with Gasteiger partial charge in [-0.3, -0.25) is 5.41 Å². The normalized spacial score (nSPS) is 8.54. The summed E-state index contributed by atoms with van der Waals surface area (Å²) in [5, 5.41) is 7.06. The van der Waals surface area contributed by atoms with Gasteiger partial charge in [0.15, 0.2) is 0 Å². The van der Waals surface area contributed by atoms with Crippen LogP contribution >= 0.6 is 0 Å². The Hall–Kier alpha value is -1.79. The average Bonchev–Trinajstić information content (AvgIpc) is 2.16. The number of hydrogen-bond acceptors (Lipinski definition) is 6. The lowest BCUT2D eigenvalue weighted by Crippen LogP contribution is -2.42. The van der Waals surface area contributed by atoms with Crippen LogP contribution in [0.25, 0.3) is 0 Å². The Morgan fingerprint density at radius 1 is 1.00 bits per heavy atom. The molecule has 7 nitrogen and oxygen atoms in total. The Kier molecular flexibility index (Phi) is 4.28. The highest BCUT2D eigenvalue weighted by Gasteiger charge is 2.28. The fourth-order valence-electron chi connectivity index (χ4n) is 0.514. The van der Waals surface area contributed by atoms with Crippen molar-refractivity contribution in [1.29, 1.82) is 5.41 Å². The topological polar surface area (TPSA) is 88.9 Å². The Labute approximate surface area is 74.7 Å². The molecular formula is C6H10N2O5. The maximum Gasteiger partial charge on any atom is 0.427 e. The van der Waals surface area contributed by atoms with E-state index in [1.165, 1.54) is 0 Å². The zero-order valence-corrected chi connectivity index (χ0v) is 7.49. The fourth-order valence-corrected chi connectivity index (χ4v) is 0.514. The number of nitrogens with one attached hydrogen (secondary N) is 1. The van der Waals surface area contributed by atoms with Crippen LogP contribution in [0.4, 0.5) is 9.59 Å². The van der Waals surface area contributed by atoms with Gasteiger partial charge in [0.05, 0.1) is 21.3 Å². The molecule has 0 radical (unpaired) electrons. The van der Waals surface area contributed by atoms with E-state index in [2.05, 4.69) is 14.2 Å². The zero-order chi connectivity index (χ0) is 10.4. The molecule has 74 valence electrons. The number of amides is 2. The first-order valence-corrected chi connectivity index (χ1v) is 3.17. The number of methoxy groups -OCH3 is 3. The predicted molar refractivity (Wildman–Crippen MR) is 41.4 cm³/mol. The van der Waals surface area contributed by atoms with Crippen molar-refractivity contribution in [3.8, 4) is 0 Å². The van der Waals surface area contributed by atoms with E-state index in [0.717, 1.165) is 21.3 Å². The molecule has 0 aromatic heterocycles. The van der Waals surface area contributed by atoms with Gasteiger partial charge in [0, 0.05) is 0 Å². The summed E-state index contributed by atoms with van der Waals surface area (Å²) < 4.78 is 12.8. The molecule has 0 aliphatic carbocycles. The van der Waals surface area contributed by atoms with Crippen LogP contribution in [0.2, 0.25) is 0 Å². The summed E-state index contributed by atoms with van der Waals surface area (Å²) in [5.41, 5.74) is 0. The van der Waals surface area contributed by atoms with E-state index in [-0.39, 0.29) is 0 Å². The van der Waals surface area contributed by atoms with Crippen LogP contribution in [0.3, 0.4) is 0 Å². The van der Waals surface area contributed by atoms with Crippen LogP contribution in [0, 0.1) is 5.41 Å². The number of carbonyl (C=O) groups is 2. The molecule has 0 aliphatic rings. The van der Waals surface area contributed by atoms with Crippen molar-refractivity contribution in [3.63, 3.8) is 0 Å². The van der Waals surface area contributed by atoms with Gasteiger partial charge in [-0.05, 0) is 0 Å². The van der Waals surface area contributed by atoms with Gasteiger partial charge in [0.1, 0.15) is 0 Å². The molecule has 0 saturated heterocycles. The number of nitrogens with zero attached hydrogens (tertiary/aromatic N) is 1. The fraction of sp³-hybridized carbons (Fsp3) is 0.500. The smallest absolute Gasteiger partial charge is 0.427 e. The Bertz CT molecular complexity index is 189. The molecule has 0 heterocycles. The quantitative estimate of drug-likeness (QED) is 0.441. The molecular weight excluding hydrogens is 180 g/mol. The van der Waals surface area contributed by atoms with Gasteiger partial charge < -0.3 is 14.2 Å². The standard InChI is InChI=1S/C6H10N2O5/c1-11-4(7)8(5(9)12-2)6(10)13-3/h7H,1-3H3. The maximum absolute atomic E-state index is 10.9. The minimum absolute atomic E-state index is 0.306. The van der Waals surface area contributed by atoms with Crippen LogP contribution < -0.4 is 0 Å². The average molecular weight is 190 g/mol. The van der Waals surface area contributed by atoms with E-state index < -0.39 is 18.2 Å².